The Morgan fingerprint density at radius 2 is 1.54 bits per heavy atom. The molecule has 4 nitrogen and oxygen atoms in total. The Bertz CT molecular complexity index is 1040. The van der Waals surface area contributed by atoms with E-state index in [0.717, 1.165) is 11.1 Å². The SMILES string of the molecule is COC(=O)c1ccc(S(=O)(=O)c2ccc(C)cc2-c2ccccc2)cc1. The smallest absolute Gasteiger partial charge is 0.337 e. The second-order valence-electron chi connectivity index (χ2n) is 5.89. The molecule has 0 saturated carbocycles. The van der Waals surface area contributed by atoms with Crippen molar-refractivity contribution < 1.29 is 17.9 Å². The van der Waals surface area contributed by atoms with Crippen molar-refractivity contribution in [3.63, 3.8) is 0 Å². The number of hydrogen-bond acceptors (Lipinski definition) is 4. The predicted octanol–water partition coefficient (Wildman–Crippen LogP) is 4.28. The van der Waals surface area contributed by atoms with Gasteiger partial charge in [-0.05, 0) is 42.8 Å². The Kier molecular flexibility index (Phi) is 4.91. The maximum absolute atomic E-state index is 13.2. The lowest BCUT2D eigenvalue weighted by Gasteiger charge is -2.12. The minimum absolute atomic E-state index is 0.131. The van der Waals surface area contributed by atoms with E-state index < -0.39 is 15.8 Å². The van der Waals surface area contributed by atoms with Gasteiger partial charge in [0.1, 0.15) is 0 Å². The van der Waals surface area contributed by atoms with Gasteiger partial charge in [-0.25, -0.2) is 13.2 Å². The van der Waals surface area contributed by atoms with E-state index in [9.17, 15) is 13.2 Å². The number of sulfone groups is 1. The van der Waals surface area contributed by atoms with E-state index in [2.05, 4.69) is 4.74 Å². The molecule has 0 radical (unpaired) electrons. The molecule has 132 valence electrons. The highest BCUT2D eigenvalue weighted by molar-refractivity contribution is 7.91. The largest absolute Gasteiger partial charge is 0.465 e. The number of esters is 1. The first-order valence-electron chi connectivity index (χ1n) is 8.03. The molecule has 0 unspecified atom stereocenters. The van der Waals surface area contributed by atoms with Crippen LogP contribution in [0.1, 0.15) is 15.9 Å². The molecule has 0 aliphatic heterocycles. The summed E-state index contributed by atoms with van der Waals surface area (Å²) in [6, 6.07) is 20.4. The van der Waals surface area contributed by atoms with E-state index >= 15 is 0 Å². The van der Waals surface area contributed by atoms with Crippen molar-refractivity contribution in [1.29, 1.82) is 0 Å². The molecule has 26 heavy (non-hydrogen) atoms. The van der Waals surface area contributed by atoms with Gasteiger partial charge in [0.25, 0.3) is 0 Å². The zero-order valence-corrected chi connectivity index (χ0v) is 15.3. The molecule has 0 aliphatic rings. The van der Waals surface area contributed by atoms with Crippen molar-refractivity contribution in [3.05, 3.63) is 83.9 Å². The minimum atomic E-state index is -3.74. The van der Waals surface area contributed by atoms with Crippen LogP contribution in [-0.2, 0) is 14.6 Å². The van der Waals surface area contributed by atoms with Gasteiger partial charge in [0, 0.05) is 5.56 Å². The number of methoxy groups -OCH3 is 1. The fraction of sp³-hybridized carbons (Fsp3) is 0.0952. The van der Waals surface area contributed by atoms with E-state index in [-0.39, 0.29) is 9.79 Å². The summed E-state index contributed by atoms with van der Waals surface area (Å²) in [5, 5.41) is 0. The van der Waals surface area contributed by atoms with Gasteiger partial charge in [0.05, 0.1) is 22.5 Å². The molecular formula is C21H18O4S. The summed E-state index contributed by atoms with van der Waals surface area (Å²) >= 11 is 0. The number of benzene rings is 3. The molecule has 0 fully saturated rings. The molecule has 0 N–H and O–H groups in total. The van der Waals surface area contributed by atoms with Gasteiger partial charge >= 0.3 is 5.97 Å². The van der Waals surface area contributed by atoms with Gasteiger partial charge < -0.3 is 4.74 Å². The molecule has 0 heterocycles. The summed E-state index contributed by atoms with van der Waals surface area (Å²) in [4.78, 5) is 11.9. The minimum Gasteiger partial charge on any atom is -0.465 e. The van der Waals surface area contributed by atoms with Crippen molar-refractivity contribution in [1.82, 2.24) is 0 Å². The monoisotopic (exact) mass is 366 g/mol. The highest BCUT2D eigenvalue weighted by Gasteiger charge is 2.22. The van der Waals surface area contributed by atoms with E-state index in [1.54, 1.807) is 12.1 Å². The highest BCUT2D eigenvalue weighted by atomic mass is 32.2. The lowest BCUT2D eigenvalue weighted by Crippen LogP contribution is -2.06. The number of carbonyl (C=O) groups excluding carboxylic acids is 1. The van der Waals surface area contributed by atoms with E-state index in [4.69, 9.17) is 0 Å². The molecule has 0 atom stereocenters. The lowest BCUT2D eigenvalue weighted by molar-refractivity contribution is 0.0600. The van der Waals surface area contributed by atoms with Crippen LogP contribution in [-0.4, -0.2) is 21.5 Å². The average Bonchev–Trinajstić information content (AvgIpc) is 2.68. The van der Waals surface area contributed by atoms with Crippen LogP contribution in [0.3, 0.4) is 0 Å². The van der Waals surface area contributed by atoms with E-state index in [0.29, 0.717) is 11.1 Å². The van der Waals surface area contributed by atoms with Crippen LogP contribution in [0.2, 0.25) is 0 Å². The zero-order chi connectivity index (χ0) is 18.7. The van der Waals surface area contributed by atoms with Gasteiger partial charge in [-0.15, -0.1) is 0 Å². The Balaban J connectivity index is 2.12. The topological polar surface area (TPSA) is 60.4 Å². The normalized spacial score (nSPS) is 11.2. The Morgan fingerprint density at radius 3 is 2.15 bits per heavy atom. The molecular weight excluding hydrogens is 348 g/mol. The molecule has 0 aliphatic carbocycles. The fourth-order valence-corrected chi connectivity index (χ4v) is 4.20. The number of ether oxygens (including phenoxy) is 1. The summed E-state index contributed by atoms with van der Waals surface area (Å²) < 4.78 is 31.0. The van der Waals surface area contributed by atoms with Gasteiger partial charge in [-0.2, -0.15) is 0 Å². The van der Waals surface area contributed by atoms with Gasteiger partial charge in [0.15, 0.2) is 0 Å². The molecule has 0 saturated heterocycles. The third kappa shape index (κ3) is 3.39. The lowest BCUT2D eigenvalue weighted by atomic mass is 10.0. The van der Waals surface area contributed by atoms with Gasteiger partial charge in [0.2, 0.25) is 9.84 Å². The van der Waals surface area contributed by atoms with Crippen LogP contribution in [0, 0.1) is 6.92 Å². The Hall–Kier alpha value is -2.92. The van der Waals surface area contributed by atoms with Crippen LogP contribution in [0.15, 0.2) is 82.6 Å². The Labute approximate surface area is 153 Å². The summed E-state index contributed by atoms with van der Waals surface area (Å²) in [7, 11) is -2.45. The predicted molar refractivity (Wildman–Crippen MR) is 99.8 cm³/mol. The van der Waals surface area contributed by atoms with Crippen LogP contribution in [0.4, 0.5) is 0 Å². The molecule has 3 rings (SSSR count). The molecule has 5 heteroatoms. The number of carbonyl (C=O) groups is 1. The number of aryl methyl sites for hydroxylation is 1. The number of rotatable bonds is 4. The summed E-state index contributed by atoms with van der Waals surface area (Å²) in [6.45, 7) is 1.92. The van der Waals surface area contributed by atoms with E-state index in [1.807, 2.05) is 43.3 Å². The van der Waals surface area contributed by atoms with Crippen molar-refractivity contribution in [3.8, 4) is 11.1 Å². The summed E-state index contributed by atoms with van der Waals surface area (Å²) in [5.74, 6) is -0.505. The average molecular weight is 366 g/mol. The van der Waals surface area contributed by atoms with Crippen LogP contribution < -0.4 is 0 Å². The quantitative estimate of drug-likeness (QED) is 0.647. The fourth-order valence-electron chi connectivity index (χ4n) is 2.74. The first kappa shape index (κ1) is 17.9. The maximum atomic E-state index is 13.2. The first-order chi connectivity index (χ1) is 12.4. The summed E-state index contributed by atoms with van der Waals surface area (Å²) in [5.41, 5.74) is 2.77. The number of hydrogen-bond donors (Lipinski definition) is 0. The third-order valence-electron chi connectivity index (χ3n) is 4.10. The second kappa shape index (κ2) is 7.14. The van der Waals surface area contributed by atoms with Crippen LogP contribution in [0.5, 0.6) is 0 Å². The van der Waals surface area contributed by atoms with Crippen molar-refractivity contribution >= 4 is 15.8 Å². The zero-order valence-electron chi connectivity index (χ0n) is 14.5. The second-order valence-corrected chi connectivity index (χ2v) is 7.80. The molecule has 0 bridgehead atoms. The standard InChI is InChI=1S/C21H18O4S/c1-15-8-13-20(19(14-15)16-6-4-3-5-7-16)26(23,24)18-11-9-17(10-12-18)21(22)25-2/h3-14H,1-2H3. The first-order valence-corrected chi connectivity index (χ1v) is 9.51. The molecule has 0 spiro atoms. The van der Waals surface area contributed by atoms with Crippen LogP contribution >= 0.6 is 0 Å². The molecule has 3 aromatic rings. The maximum Gasteiger partial charge on any atom is 0.337 e. The van der Waals surface area contributed by atoms with Gasteiger partial charge in [-0.1, -0.05) is 48.0 Å². The molecule has 3 aromatic carbocycles. The Morgan fingerprint density at radius 1 is 0.885 bits per heavy atom. The van der Waals surface area contributed by atoms with Crippen molar-refractivity contribution in [2.45, 2.75) is 16.7 Å². The molecule has 0 amide bonds. The van der Waals surface area contributed by atoms with E-state index in [1.165, 1.54) is 31.4 Å². The highest BCUT2D eigenvalue weighted by Crippen LogP contribution is 2.32. The van der Waals surface area contributed by atoms with Crippen molar-refractivity contribution in [2.75, 3.05) is 7.11 Å². The molecule has 0 aromatic heterocycles. The third-order valence-corrected chi connectivity index (χ3v) is 5.92. The van der Waals surface area contributed by atoms with Crippen LogP contribution in [0.25, 0.3) is 11.1 Å². The van der Waals surface area contributed by atoms with Gasteiger partial charge in [-0.3, -0.25) is 0 Å². The summed E-state index contributed by atoms with van der Waals surface area (Å²) in [6.07, 6.45) is 0. The van der Waals surface area contributed by atoms with Crippen molar-refractivity contribution in [2.24, 2.45) is 0 Å².